The molecule has 0 aliphatic heterocycles. The maximum absolute atomic E-state index is 3.87. The van der Waals surface area contributed by atoms with Crippen molar-refractivity contribution < 1.29 is 0 Å². The molecule has 0 fully saturated rings. The fourth-order valence-electron chi connectivity index (χ4n) is 2.99. The van der Waals surface area contributed by atoms with Gasteiger partial charge in [-0.1, -0.05) is 23.8 Å². The zero-order valence-electron chi connectivity index (χ0n) is 13.2. The minimum absolute atomic E-state index is 0.348. The summed E-state index contributed by atoms with van der Waals surface area (Å²) in [5.74, 6) is 0. The van der Waals surface area contributed by atoms with Crippen molar-refractivity contribution in [2.45, 2.75) is 45.1 Å². The summed E-state index contributed by atoms with van der Waals surface area (Å²) in [7, 11) is 0. The van der Waals surface area contributed by atoms with Crippen LogP contribution in [0.4, 0.5) is 0 Å². The van der Waals surface area contributed by atoms with Crippen molar-refractivity contribution in [2.24, 2.45) is 0 Å². The normalized spacial score (nSPS) is 16.3. The van der Waals surface area contributed by atoms with Gasteiger partial charge in [0.1, 0.15) is 12.7 Å². The lowest BCUT2D eigenvalue weighted by molar-refractivity contribution is 0.562. The molecule has 1 aliphatic rings. The largest absolute Gasteiger partial charge is 0.310 e. The third kappa shape index (κ3) is 3.83. The summed E-state index contributed by atoms with van der Waals surface area (Å²) in [6.45, 7) is 3.27. The van der Waals surface area contributed by atoms with Crippen LogP contribution in [0.2, 0.25) is 0 Å². The molecule has 0 bridgehead atoms. The average molecular weight is 296 g/mol. The second kappa shape index (κ2) is 7.36. The molecule has 1 N–H and O–H groups in total. The van der Waals surface area contributed by atoms with Gasteiger partial charge in [0, 0.05) is 11.7 Å². The Kier molecular flexibility index (Phi) is 5.01. The molecule has 4 nitrogen and oxygen atoms in total. The molecule has 0 saturated heterocycles. The SMILES string of the molecule is CC(NCCC1=CCCCC1)c1cccc(-n2cnnc2)c1. The fraction of sp³-hybridized carbons (Fsp3) is 0.444. The van der Waals surface area contributed by atoms with Gasteiger partial charge in [0.2, 0.25) is 0 Å². The fourth-order valence-corrected chi connectivity index (χ4v) is 2.99. The van der Waals surface area contributed by atoms with Crippen LogP contribution in [0.25, 0.3) is 5.69 Å². The van der Waals surface area contributed by atoms with Crippen molar-refractivity contribution in [3.8, 4) is 5.69 Å². The van der Waals surface area contributed by atoms with Crippen LogP contribution >= 0.6 is 0 Å². The van der Waals surface area contributed by atoms with Crippen molar-refractivity contribution in [3.63, 3.8) is 0 Å². The smallest absolute Gasteiger partial charge is 0.123 e. The van der Waals surface area contributed by atoms with E-state index in [1.165, 1.54) is 37.7 Å². The van der Waals surface area contributed by atoms with E-state index in [2.05, 4.69) is 52.8 Å². The van der Waals surface area contributed by atoms with Gasteiger partial charge in [0.25, 0.3) is 0 Å². The number of rotatable bonds is 6. The Balaban J connectivity index is 1.56. The van der Waals surface area contributed by atoms with Gasteiger partial charge in [0.15, 0.2) is 0 Å². The molecule has 0 saturated carbocycles. The topological polar surface area (TPSA) is 42.7 Å². The molecule has 1 aromatic carbocycles. The Morgan fingerprint density at radius 1 is 1.23 bits per heavy atom. The van der Waals surface area contributed by atoms with E-state index >= 15 is 0 Å². The molecule has 0 radical (unpaired) electrons. The first-order valence-corrected chi connectivity index (χ1v) is 8.19. The van der Waals surface area contributed by atoms with E-state index < -0.39 is 0 Å². The van der Waals surface area contributed by atoms with Crippen LogP contribution in [0.1, 0.15) is 50.6 Å². The Labute approximate surface area is 132 Å². The quantitative estimate of drug-likeness (QED) is 0.824. The molecular formula is C18H24N4. The molecular weight excluding hydrogens is 272 g/mol. The molecule has 4 heteroatoms. The summed E-state index contributed by atoms with van der Waals surface area (Å²) >= 11 is 0. The molecule has 3 rings (SSSR count). The number of nitrogens with zero attached hydrogens (tertiary/aromatic N) is 3. The number of hydrogen-bond donors (Lipinski definition) is 1. The predicted molar refractivity (Wildman–Crippen MR) is 88.9 cm³/mol. The lowest BCUT2D eigenvalue weighted by atomic mass is 9.97. The summed E-state index contributed by atoms with van der Waals surface area (Å²) in [6, 6.07) is 8.88. The van der Waals surface area contributed by atoms with Gasteiger partial charge >= 0.3 is 0 Å². The number of hydrogen-bond acceptors (Lipinski definition) is 3. The summed E-state index contributed by atoms with van der Waals surface area (Å²) < 4.78 is 1.93. The first-order valence-electron chi connectivity index (χ1n) is 8.19. The Morgan fingerprint density at radius 2 is 2.09 bits per heavy atom. The molecule has 1 heterocycles. The minimum atomic E-state index is 0.348. The first kappa shape index (κ1) is 15.0. The third-order valence-corrected chi connectivity index (χ3v) is 4.37. The maximum Gasteiger partial charge on any atom is 0.123 e. The lowest BCUT2D eigenvalue weighted by Crippen LogP contribution is -2.20. The van der Waals surface area contributed by atoms with Crippen LogP contribution in [0, 0.1) is 0 Å². The van der Waals surface area contributed by atoms with Gasteiger partial charge in [0.05, 0.1) is 0 Å². The number of nitrogens with one attached hydrogen (secondary N) is 1. The molecule has 0 amide bonds. The van der Waals surface area contributed by atoms with Crippen molar-refractivity contribution >= 4 is 0 Å². The van der Waals surface area contributed by atoms with E-state index in [-0.39, 0.29) is 0 Å². The first-order chi connectivity index (χ1) is 10.8. The van der Waals surface area contributed by atoms with Crippen molar-refractivity contribution in [1.82, 2.24) is 20.1 Å². The molecule has 2 aromatic rings. The summed E-state index contributed by atoms with van der Waals surface area (Å²) in [5.41, 5.74) is 4.03. The zero-order chi connectivity index (χ0) is 15.2. The highest BCUT2D eigenvalue weighted by Gasteiger charge is 2.08. The van der Waals surface area contributed by atoms with Gasteiger partial charge in [-0.25, -0.2) is 0 Å². The molecule has 0 spiro atoms. The van der Waals surface area contributed by atoms with E-state index in [0.717, 1.165) is 12.2 Å². The summed E-state index contributed by atoms with van der Waals surface area (Å²) in [4.78, 5) is 0. The summed E-state index contributed by atoms with van der Waals surface area (Å²) in [5, 5.41) is 11.4. The second-order valence-electron chi connectivity index (χ2n) is 6.00. The maximum atomic E-state index is 3.87. The molecule has 1 aliphatic carbocycles. The van der Waals surface area contributed by atoms with E-state index in [0.29, 0.717) is 6.04 Å². The van der Waals surface area contributed by atoms with Crippen LogP contribution in [0.3, 0.4) is 0 Å². The lowest BCUT2D eigenvalue weighted by Gasteiger charge is -2.17. The van der Waals surface area contributed by atoms with Crippen LogP contribution in [-0.2, 0) is 0 Å². The van der Waals surface area contributed by atoms with Gasteiger partial charge in [-0.2, -0.15) is 0 Å². The van der Waals surface area contributed by atoms with E-state index in [9.17, 15) is 0 Å². The van der Waals surface area contributed by atoms with Crippen LogP contribution in [0.15, 0.2) is 48.6 Å². The van der Waals surface area contributed by atoms with Gasteiger partial charge in [-0.3, -0.25) is 4.57 Å². The highest BCUT2D eigenvalue weighted by atomic mass is 15.2. The monoisotopic (exact) mass is 296 g/mol. The zero-order valence-corrected chi connectivity index (χ0v) is 13.2. The van der Waals surface area contributed by atoms with Gasteiger partial charge in [-0.15, -0.1) is 10.2 Å². The van der Waals surface area contributed by atoms with Crippen molar-refractivity contribution in [2.75, 3.05) is 6.54 Å². The van der Waals surface area contributed by atoms with Crippen molar-refractivity contribution in [3.05, 3.63) is 54.1 Å². The molecule has 22 heavy (non-hydrogen) atoms. The molecule has 1 atom stereocenters. The number of aromatic nitrogens is 3. The second-order valence-corrected chi connectivity index (χ2v) is 6.00. The van der Waals surface area contributed by atoms with E-state index in [1.54, 1.807) is 18.2 Å². The summed E-state index contributed by atoms with van der Waals surface area (Å²) in [6.07, 6.45) is 12.4. The Hall–Kier alpha value is -1.94. The number of allylic oxidation sites excluding steroid dienone is 1. The molecule has 1 unspecified atom stereocenters. The highest BCUT2D eigenvalue weighted by molar-refractivity contribution is 5.36. The van der Waals surface area contributed by atoms with Crippen LogP contribution < -0.4 is 5.32 Å². The average Bonchev–Trinajstić information content (AvgIpc) is 3.10. The highest BCUT2D eigenvalue weighted by Crippen LogP contribution is 2.20. The van der Waals surface area contributed by atoms with E-state index in [4.69, 9.17) is 0 Å². The Bertz CT molecular complexity index is 616. The Morgan fingerprint density at radius 3 is 2.86 bits per heavy atom. The third-order valence-electron chi connectivity index (χ3n) is 4.37. The van der Waals surface area contributed by atoms with Crippen molar-refractivity contribution in [1.29, 1.82) is 0 Å². The standard InChI is InChI=1S/C18H24N4/c1-15(19-11-10-16-6-3-2-4-7-16)17-8-5-9-18(12-17)22-13-20-21-14-22/h5-6,8-9,12-15,19H,2-4,7,10-11H2,1H3. The molecule has 1 aromatic heterocycles. The minimum Gasteiger partial charge on any atom is -0.310 e. The molecule has 116 valence electrons. The van der Waals surface area contributed by atoms with Crippen LogP contribution in [-0.4, -0.2) is 21.3 Å². The predicted octanol–water partition coefficient (Wildman–Crippen LogP) is 3.81. The van der Waals surface area contributed by atoms with Gasteiger partial charge < -0.3 is 5.32 Å². The van der Waals surface area contributed by atoms with Crippen LogP contribution in [0.5, 0.6) is 0 Å². The van der Waals surface area contributed by atoms with E-state index in [1.807, 2.05) is 4.57 Å². The number of benzene rings is 1. The van der Waals surface area contributed by atoms with Gasteiger partial charge in [-0.05, 0) is 63.3 Å².